The Labute approximate surface area is 273 Å². The number of amides is 1. The van der Waals surface area contributed by atoms with Gasteiger partial charge in [-0.25, -0.2) is 9.37 Å². The summed E-state index contributed by atoms with van der Waals surface area (Å²) >= 11 is 0. The molecular weight excluding hydrogens is 613 g/mol. The smallest absolute Gasteiger partial charge is 0.460 e. The number of benzene rings is 3. The van der Waals surface area contributed by atoms with E-state index in [9.17, 15) is 26.9 Å². The molecule has 2 aromatic carbocycles. The molecule has 0 saturated carbocycles. The van der Waals surface area contributed by atoms with Gasteiger partial charge in [-0.15, -0.1) is 0 Å². The van der Waals surface area contributed by atoms with Crippen LogP contribution in [0.3, 0.4) is 0 Å². The lowest BCUT2D eigenvalue weighted by Gasteiger charge is -2.23. The average Bonchev–Trinajstić information content (AvgIpc) is 3.03. The largest absolute Gasteiger partial charge is 0.673 e. The van der Waals surface area contributed by atoms with Crippen molar-refractivity contribution in [2.24, 2.45) is 0 Å². The fourth-order valence-electron chi connectivity index (χ4n) is 5.32. The molecular formula is C35H42BF4N3O4. The molecule has 0 unspecified atom stereocenters. The van der Waals surface area contributed by atoms with Crippen LogP contribution in [0.25, 0.3) is 33.4 Å². The predicted octanol–water partition coefficient (Wildman–Crippen LogP) is 7.35. The molecule has 0 spiro atoms. The van der Waals surface area contributed by atoms with E-state index < -0.39 is 13.2 Å². The molecule has 2 aromatic rings. The van der Waals surface area contributed by atoms with Crippen molar-refractivity contribution in [1.82, 2.24) is 9.48 Å². The van der Waals surface area contributed by atoms with Crippen molar-refractivity contribution in [3.05, 3.63) is 83.7 Å². The quantitative estimate of drug-likeness (QED) is 0.0422. The molecule has 0 atom stereocenters. The molecule has 1 aliphatic heterocycles. The lowest BCUT2D eigenvalue weighted by Crippen LogP contribution is -2.31. The third-order valence-electron chi connectivity index (χ3n) is 7.73. The topological polar surface area (TPSA) is 66.0 Å². The van der Waals surface area contributed by atoms with Crippen molar-refractivity contribution in [2.45, 2.75) is 34.6 Å². The Hall–Kier alpha value is -4.61. The molecule has 0 aromatic heterocycles. The van der Waals surface area contributed by atoms with Gasteiger partial charge in [0.2, 0.25) is 5.36 Å². The molecule has 0 bridgehead atoms. The first-order chi connectivity index (χ1) is 22.2. The molecule has 0 fully saturated rings. The van der Waals surface area contributed by atoms with Crippen LogP contribution in [0, 0.1) is 0 Å². The van der Waals surface area contributed by atoms with Crippen molar-refractivity contribution in [2.75, 3.05) is 51.3 Å². The number of esters is 1. The number of carbonyl (C=O) groups is 2. The monoisotopic (exact) mass is 655 g/mol. The summed E-state index contributed by atoms with van der Waals surface area (Å²) in [4.78, 5) is 29.5. The molecule has 1 heterocycles. The highest BCUT2D eigenvalue weighted by Gasteiger charge is 2.24. The van der Waals surface area contributed by atoms with Crippen LogP contribution in [0.5, 0.6) is 0 Å². The maximum Gasteiger partial charge on any atom is 0.673 e. The summed E-state index contributed by atoms with van der Waals surface area (Å²) in [6, 6.07) is 20.3. The van der Waals surface area contributed by atoms with E-state index in [2.05, 4.69) is 80.1 Å². The number of anilines is 1. The second-order valence-corrected chi connectivity index (χ2v) is 10.9. The first kappa shape index (κ1) is 36.9. The lowest BCUT2D eigenvalue weighted by molar-refractivity contribution is -0.139. The van der Waals surface area contributed by atoms with Gasteiger partial charge in [0.15, 0.2) is 0 Å². The van der Waals surface area contributed by atoms with Crippen LogP contribution in [0.2, 0.25) is 0 Å². The minimum Gasteiger partial charge on any atom is -0.460 e. The van der Waals surface area contributed by atoms with Crippen molar-refractivity contribution in [3.8, 4) is 22.5 Å². The zero-order chi connectivity index (χ0) is 34.9. The van der Waals surface area contributed by atoms with Crippen molar-refractivity contribution < 1.29 is 36.0 Å². The fraction of sp³-hybridized carbons (Fsp3) is 0.343. The van der Waals surface area contributed by atoms with Gasteiger partial charge in [0.05, 0.1) is 12.6 Å². The van der Waals surface area contributed by atoms with Crippen LogP contribution in [0.1, 0.15) is 45.0 Å². The normalized spacial score (nSPS) is 11.1. The maximum atomic E-state index is 13.8. The second kappa shape index (κ2) is 16.3. The number of likely N-dealkylation sites (N-methyl/N-ethyl adjacent to an activating group) is 1. The summed E-state index contributed by atoms with van der Waals surface area (Å²) in [5, 5.41) is 2.03. The Morgan fingerprint density at radius 1 is 0.915 bits per heavy atom. The Morgan fingerprint density at radius 3 is 2.15 bits per heavy atom. The number of halogens is 4. The van der Waals surface area contributed by atoms with E-state index in [-0.39, 0.29) is 19.1 Å². The maximum absolute atomic E-state index is 13.8. The predicted molar refractivity (Wildman–Crippen MR) is 181 cm³/mol. The van der Waals surface area contributed by atoms with Gasteiger partial charge in [0.25, 0.3) is 5.91 Å². The number of carbonyl (C=O) groups excluding carboxylic acids is 2. The van der Waals surface area contributed by atoms with Crippen LogP contribution in [0.4, 0.5) is 23.0 Å². The summed E-state index contributed by atoms with van der Waals surface area (Å²) in [7, 11) is -4.28. The third kappa shape index (κ3) is 9.46. The molecule has 7 nitrogen and oxygen atoms in total. The van der Waals surface area contributed by atoms with Gasteiger partial charge in [-0.2, -0.15) is 0 Å². The van der Waals surface area contributed by atoms with E-state index in [1.807, 2.05) is 24.3 Å². The van der Waals surface area contributed by atoms with Gasteiger partial charge in [-0.05, 0) is 64.4 Å². The van der Waals surface area contributed by atoms with Crippen LogP contribution in [-0.2, 0) is 9.53 Å². The first-order valence-corrected chi connectivity index (χ1v) is 15.6. The first-order valence-electron chi connectivity index (χ1n) is 15.6. The van der Waals surface area contributed by atoms with Crippen molar-refractivity contribution in [3.63, 3.8) is 0 Å². The summed E-state index contributed by atoms with van der Waals surface area (Å²) in [6.45, 7) is 17.7. The lowest BCUT2D eigenvalue weighted by atomic mass is 9.90. The zero-order valence-corrected chi connectivity index (χ0v) is 27.8. The number of fused-ring (bicyclic) bond motifs is 2. The summed E-state index contributed by atoms with van der Waals surface area (Å²) in [5.41, 5.74) is 5.47. The van der Waals surface area contributed by atoms with Gasteiger partial charge in [-0.3, -0.25) is 4.79 Å². The molecule has 47 heavy (non-hydrogen) atoms. The summed E-state index contributed by atoms with van der Waals surface area (Å²) in [6.07, 6.45) is 0. The number of ether oxygens (including phenoxy) is 1. The molecule has 0 N–H and O–H groups in total. The molecule has 1 aliphatic carbocycles. The molecule has 12 heteroatoms. The van der Waals surface area contributed by atoms with Gasteiger partial charge < -0.3 is 36.2 Å². The van der Waals surface area contributed by atoms with Crippen LogP contribution in [0.15, 0.2) is 77.2 Å². The van der Waals surface area contributed by atoms with Gasteiger partial charge >= 0.3 is 13.2 Å². The standard InChI is InChI=1S/C35H42N3O4.BF4/c1-8-37(9-2)25-16-18-29-31(22-25)42-32-23-26(38(10-3)11-4)17-19-30(32)33(29)27-14-12-13-15-28(27)34(39)36(7)20-21-41-35(40)24(5)6;2-1(3,4)5/h12-19,22-23H,5,8-11,20-21H2,1-4,6-7H3;/q+1;-1. The molecule has 0 radical (unpaired) electrons. The number of nitrogens with zero attached hydrogens (tertiary/aromatic N) is 3. The Morgan fingerprint density at radius 2 is 1.55 bits per heavy atom. The van der Waals surface area contributed by atoms with Crippen LogP contribution < -0.4 is 14.8 Å². The molecule has 4 rings (SSSR count). The van der Waals surface area contributed by atoms with E-state index in [4.69, 9.17) is 9.15 Å². The Kier molecular flexibility index (Phi) is 12.8. The van der Waals surface area contributed by atoms with E-state index in [0.717, 1.165) is 70.6 Å². The number of hydrogen-bond acceptors (Lipinski definition) is 5. The average molecular weight is 656 g/mol. The Balaban J connectivity index is 0.00000111. The van der Waals surface area contributed by atoms with E-state index in [1.165, 1.54) is 0 Å². The summed E-state index contributed by atoms with van der Waals surface area (Å²) < 4.78 is 53.1. The van der Waals surface area contributed by atoms with E-state index in [1.54, 1.807) is 18.9 Å². The fourth-order valence-corrected chi connectivity index (χ4v) is 5.32. The molecule has 0 saturated heterocycles. The number of rotatable bonds is 11. The van der Waals surface area contributed by atoms with Crippen molar-refractivity contribution >= 4 is 35.8 Å². The minimum atomic E-state index is -6.00. The minimum absolute atomic E-state index is 0.0917. The zero-order valence-electron chi connectivity index (χ0n) is 27.8. The number of hydrogen-bond donors (Lipinski definition) is 0. The van der Waals surface area contributed by atoms with Gasteiger partial charge in [-0.1, -0.05) is 24.8 Å². The second-order valence-electron chi connectivity index (χ2n) is 10.9. The Bertz CT molecular complexity index is 1750. The van der Waals surface area contributed by atoms with E-state index in [0.29, 0.717) is 11.1 Å². The van der Waals surface area contributed by atoms with E-state index >= 15 is 0 Å². The summed E-state index contributed by atoms with van der Waals surface area (Å²) in [5.74, 6) is 0.148. The van der Waals surface area contributed by atoms with Crippen LogP contribution in [-0.4, -0.2) is 70.4 Å². The highest BCUT2D eigenvalue weighted by Crippen LogP contribution is 2.42. The highest BCUT2D eigenvalue weighted by molar-refractivity contribution is 6.50. The van der Waals surface area contributed by atoms with Crippen LogP contribution >= 0.6 is 0 Å². The molecule has 2 aliphatic rings. The SMILES string of the molecule is C=C(C)C(=O)OCCN(C)C(=O)c1ccccc1-c1c2ccc(=[N+](CC)CC)cc-2oc2cc(N(CC)CC)ccc12.F[B-](F)(F)F. The van der Waals surface area contributed by atoms with Gasteiger partial charge in [0, 0.05) is 65.6 Å². The third-order valence-corrected chi connectivity index (χ3v) is 7.73. The highest BCUT2D eigenvalue weighted by atomic mass is 19.5. The van der Waals surface area contributed by atoms with Gasteiger partial charge in [0.1, 0.15) is 31.0 Å². The van der Waals surface area contributed by atoms with Crippen molar-refractivity contribution in [1.29, 1.82) is 0 Å². The molecule has 1 amide bonds. The molecule has 252 valence electrons.